The molecule has 0 aliphatic rings. The largest absolute Gasteiger partial charge is 0.208 e. The van der Waals surface area contributed by atoms with E-state index in [1.165, 1.54) is 59.2 Å². The number of nitrogens with zero attached hydrogens (tertiary/aromatic N) is 3. The van der Waals surface area contributed by atoms with Gasteiger partial charge >= 0.3 is 0 Å². The van der Waals surface area contributed by atoms with Gasteiger partial charge in [-0.25, -0.2) is 15.0 Å². The summed E-state index contributed by atoms with van der Waals surface area (Å²) in [5.41, 5.74) is 2.87. The smallest absolute Gasteiger partial charge is 0.164 e. The van der Waals surface area contributed by atoms with Crippen molar-refractivity contribution >= 4 is 75.4 Å². The van der Waals surface area contributed by atoms with Crippen LogP contribution >= 0.6 is 0 Å². The fourth-order valence-corrected chi connectivity index (χ4v) is 8.03. The summed E-state index contributed by atoms with van der Waals surface area (Å²) in [7, 11) is 0. The van der Waals surface area contributed by atoms with E-state index in [-0.39, 0.29) is 0 Å². The third-order valence-electron chi connectivity index (χ3n) is 10.6. The molecule has 10 aromatic carbocycles. The maximum absolute atomic E-state index is 5.16. The number of benzene rings is 10. The Morgan fingerprint density at radius 1 is 0.212 bits per heavy atom. The predicted octanol–water partition coefficient (Wildman–Crippen LogP) is 12.9. The van der Waals surface area contributed by atoms with Gasteiger partial charge in [0.1, 0.15) is 0 Å². The van der Waals surface area contributed by atoms with Gasteiger partial charge in [-0.1, -0.05) is 158 Å². The second-order valence-corrected chi connectivity index (χ2v) is 13.6. The van der Waals surface area contributed by atoms with Gasteiger partial charge in [-0.2, -0.15) is 0 Å². The minimum absolute atomic E-state index is 0.652. The summed E-state index contributed by atoms with van der Waals surface area (Å²) >= 11 is 0. The molecule has 0 N–H and O–H groups in total. The average Bonchev–Trinajstić information content (AvgIpc) is 3.22. The quantitative estimate of drug-likeness (QED) is 0.177. The molecule has 0 saturated heterocycles. The molecule has 3 heteroatoms. The van der Waals surface area contributed by atoms with E-state index in [0.717, 1.165) is 32.8 Å². The van der Waals surface area contributed by atoms with Gasteiger partial charge in [0, 0.05) is 16.7 Å². The monoisotopic (exact) mass is 659 g/mol. The molecule has 0 radical (unpaired) electrons. The predicted molar refractivity (Wildman–Crippen MR) is 219 cm³/mol. The van der Waals surface area contributed by atoms with Crippen molar-refractivity contribution in [3.63, 3.8) is 0 Å². The molecule has 0 aliphatic carbocycles. The highest BCUT2D eigenvalue weighted by Gasteiger charge is 2.15. The van der Waals surface area contributed by atoms with Gasteiger partial charge in [0.15, 0.2) is 17.5 Å². The zero-order chi connectivity index (χ0) is 34.2. The van der Waals surface area contributed by atoms with Crippen molar-refractivity contribution in [3.8, 4) is 34.2 Å². The van der Waals surface area contributed by atoms with Gasteiger partial charge in [0.25, 0.3) is 0 Å². The molecule has 0 spiro atoms. The topological polar surface area (TPSA) is 38.7 Å². The summed E-state index contributed by atoms with van der Waals surface area (Å²) in [6.45, 7) is 0. The molecule has 0 amide bonds. The molecule has 1 aromatic heterocycles. The summed E-state index contributed by atoms with van der Waals surface area (Å²) in [5.74, 6) is 1.96. The summed E-state index contributed by atoms with van der Waals surface area (Å²) in [6, 6.07) is 63.0. The molecule has 240 valence electrons. The number of fused-ring (bicyclic) bond motifs is 11. The maximum Gasteiger partial charge on any atom is 0.164 e. The van der Waals surface area contributed by atoms with E-state index in [1.807, 2.05) is 0 Å². The van der Waals surface area contributed by atoms with Crippen LogP contribution in [-0.2, 0) is 0 Å². The van der Waals surface area contributed by atoms with Crippen LogP contribution in [0.15, 0.2) is 176 Å². The lowest BCUT2D eigenvalue weighted by atomic mass is 9.96. The molecule has 0 bridgehead atoms. The van der Waals surface area contributed by atoms with E-state index in [9.17, 15) is 0 Å². The molecule has 0 saturated carbocycles. The van der Waals surface area contributed by atoms with Crippen molar-refractivity contribution in [3.05, 3.63) is 176 Å². The Balaban J connectivity index is 1.09. The zero-order valence-electron chi connectivity index (χ0n) is 28.1. The highest BCUT2D eigenvalue weighted by molar-refractivity contribution is 6.18. The van der Waals surface area contributed by atoms with Crippen LogP contribution in [-0.4, -0.2) is 15.0 Å². The van der Waals surface area contributed by atoms with Gasteiger partial charge in [0.2, 0.25) is 0 Å². The Bertz CT molecular complexity index is 3080. The van der Waals surface area contributed by atoms with Crippen molar-refractivity contribution in [2.24, 2.45) is 0 Å². The van der Waals surface area contributed by atoms with Crippen LogP contribution in [0, 0.1) is 0 Å². The molecule has 0 fully saturated rings. The minimum atomic E-state index is 0.652. The Kier molecular flexibility index (Phi) is 6.25. The number of hydrogen-bond acceptors (Lipinski definition) is 3. The number of hydrogen-bond donors (Lipinski definition) is 0. The molecule has 0 aliphatic heterocycles. The van der Waals surface area contributed by atoms with E-state index < -0.39 is 0 Å². The van der Waals surface area contributed by atoms with Crippen molar-refractivity contribution in [1.29, 1.82) is 0 Å². The van der Waals surface area contributed by atoms with Crippen LogP contribution in [0.2, 0.25) is 0 Å². The van der Waals surface area contributed by atoms with Crippen molar-refractivity contribution in [2.45, 2.75) is 0 Å². The molecule has 11 aromatic rings. The third-order valence-corrected chi connectivity index (χ3v) is 10.6. The summed E-state index contributed by atoms with van der Waals surface area (Å²) in [4.78, 5) is 15.4. The Labute approximate surface area is 299 Å². The molecule has 52 heavy (non-hydrogen) atoms. The normalized spacial score (nSPS) is 11.8. The van der Waals surface area contributed by atoms with Gasteiger partial charge in [0.05, 0.1) is 0 Å². The SMILES string of the molecule is c1ccc2cc(-c3nc(-c4ccc5c(ccc6c7ccccc7ccc56)c4)nc(-c4ccc5c(ccc6c7ccccc7ccc56)c4)n3)ccc2c1. The minimum Gasteiger partial charge on any atom is -0.208 e. The van der Waals surface area contributed by atoms with E-state index in [4.69, 9.17) is 15.0 Å². The van der Waals surface area contributed by atoms with Crippen molar-refractivity contribution < 1.29 is 0 Å². The molecule has 1 heterocycles. The number of rotatable bonds is 3. The number of aromatic nitrogens is 3. The van der Waals surface area contributed by atoms with Gasteiger partial charge in [-0.3, -0.25) is 0 Å². The first-order valence-corrected chi connectivity index (χ1v) is 17.7. The lowest BCUT2D eigenvalue weighted by molar-refractivity contribution is 1.08. The second kappa shape index (κ2) is 11.3. The van der Waals surface area contributed by atoms with Crippen LogP contribution in [0.3, 0.4) is 0 Å². The molecule has 11 rings (SSSR count). The lowest BCUT2D eigenvalue weighted by Crippen LogP contribution is -2.00. The molecule has 3 nitrogen and oxygen atoms in total. The van der Waals surface area contributed by atoms with Crippen molar-refractivity contribution in [2.75, 3.05) is 0 Å². The Morgan fingerprint density at radius 2 is 0.519 bits per heavy atom. The average molecular weight is 660 g/mol. The summed E-state index contributed by atoms with van der Waals surface area (Å²) < 4.78 is 0. The Hall–Kier alpha value is -6.97. The van der Waals surface area contributed by atoms with Gasteiger partial charge in [-0.15, -0.1) is 0 Å². The third kappa shape index (κ3) is 4.57. The van der Waals surface area contributed by atoms with Crippen LogP contribution in [0.1, 0.15) is 0 Å². The molecular formula is C49H29N3. The van der Waals surface area contributed by atoms with Gasteiger partial charge < -0.3 is 0 Å². The van der Waals surface area contributed by atoms with Crippen LogP contribution in [0.5, 0.6) is 0 Å². The molecule has 0 atom stereocenters. The fourth-order valence-electron chi connectivity index (χ4n) is 8.03. The van der Waals surface area contributed by atoms with E-state index >= 15 is 0 Å². The summed E-state index contributed by atoms with van der Waals surface area (Å²) in [5, 5.41) is 17.1. The molecular weight excluding hydrogens is 631 g/mol. The molecule has 0 unspecified atom stereocenters. The fraction of sp³-hybridized carbons (Fsp3) is 0. The zero-order valence-corrected chi connectivity index (χ0v) is 28.1. The Morgan fingerprint density at radius 3 is 1.00 bits per heavy atom. The highest BCUT2D eigenvalue weighted by Crippen LogP contribution is 2.36. The van der Waals surface area contributed by atoms with E-state index in [0.29, 0.717) is 17.5 Å². The standard InChI is InChI=1S/C49H29N3/c1-2-10-33-27-36(14-13-30(33)7-1)47-50-48(37-19-21-41-34(28-37)17-25-43-39-11-5-3-8-31(39)15-23-45(41)43)52-49(51-47)38-20-22-42-35(29-38)18-26-44-40-12-6-4-9-32(40)16-24-46(42)44/h1-29H. The van der Waals surface area contributed by atoms with Crippen LogP contribution < -0.4 is 0 Å². The first-order chi connectivity index (χ1) is 25.7. The van der Waals surface area contributed by atoms with Crippen LogP contribution in [0.25, 0.3) is 110 Å². The van der Waals surface area contributed by atoms with E-state index in [1.54, 1.807) is 0 Å². The maximum atomic E-state index is 5.16. The van der Waals surface area contributed by atoms with Gasteiger partial charge in [-0.05, 0) is 93.6 Å². The summed E-state index contributed by atoms with van der Waals surface area (Å²) in [6.07, 6.45) is 0. The highest BCUT2D eigenvalue weighted by atomic mass is 15.0. The van der Waals surface area contributed by atoms with E-state index in [2.05, 4.69) is 176 Å². The first kappa shape index (κ1) is 28.8. The van der Waals surface area contributed by atoms with Crippen molar-refractivity contribution in [1.82, 2.24) is 15.0 Å². The second-order valence-electron chi connectivity index (χ2n) is 13.6. The lowest BCUT2D eigenvalue weighted by Gasteiger charge is -2.12. The van der Waals surface area contributed by atoms with Crippen LogP contribution in [0.4, 0.5) is 0 Å². The first-order valence-electron chi connectivity index (χ1n) is 17.7.